The first-order valence-corrected chi connectivity index (χ1v) is 24.4. The average molecular weight is 904 g/mol. The number of carbonyl (C=O) groups excluding carboxylic acids is 4. The predicted octanol–water partition coefficient (Wildman–Crippen LogP) is 6.64. The topological polar surface area (TPSA) is 153 Å². The van der Waals surface area contributed by atoms with Crippen molar-refractivity contribution in [1.29, 1.82) is 0 Å². The molecule has 13 nitrogen and oxygen atoms in total. The van der Waals surface area contributed by atoms with Gasteiger partial charge in [-0.1, -0.05) is 90.0 Å². The summed E-state index contributed by atoms with van der Waals surface area (Å²) in [5.41, 5.74) is 4.23. The van der Waals surface area contributed by atoms with Crippen LogP contribution in [0.3, 0.4) is 0 Å². The van der Waals surface area contributed by atoms with E-state index < -0.39 is 43.7 Å². The van der Waals surface area contributed by atoms with Crippen molar-refractivity contribution in [3.63, 3.8) is 0 Å². The first kappa shape index (κ1) is 46.2. The summed E-state index contributed by atoms with van der Waals surface area (Å²) in [7, 11) is -7.91. The van der Waals surface area contributed by atoms with Gasteiger partial charge >= 0.3 is 0 Å². The Morgan fingerprint density at radius 2 is 0.734 bits per heavy atom. The number of benzene rings is 5. The molecule has 0 bridgehead atoms. The molecule has 0 atom stereocenters. The van der Waals surface area contributed by atoms with Crippen LogP contribution in [0.25, 0.3) is 0 Å². The van der Waals surface area contributed by atoms with Crippen LogP contribution in [0.1, 0.15) is 83.8 Å². The van der Waals surface area contributed by atoms with Crippen molar-refractivity contribution in [3.8, 4) is 0 Å². The van der Waals surface area contributed by atoms with Gasteiger partial charge in [-0.05, 0) is 107 Å². The summed E-state index contributed by atoms with van der Waals surface area (Å²) in [6, 6.07) is 36.5. The predicted molar refractivity (Wildman–Crippen MR) is 244 cm³/mol. The van der Waals surface area contributed by atoms with Crippen LogP contribution in [0.5, 0.6) is 0 Å². The third-order valence-electron chi connectivity index (χ3n) is 11.7. The van der Waals surface area contributed by atoms with Crippen molar-refractivity contribution >= 4 is 43.7 Å². The number of amides is 4. The molecule has 0 saturated carbocycles. The number of carbonyl (C=O) groups is 4. The lowest BCUT2D eigenvalue weighted by Crippen LogP contribution is -2.39. The number of nitrogens with zero attached hydrogens (tertiary/aromatic N) is 5. The second-order valence-corrected chi connectivity index (χ2v) is 20.1. The molecule has 334 valence electrons. The molecule has 0 unspecified atom stereocenters. The van der Waals surface area contributed by atoms with Crippen molar-refractivity contribution in [2.75, 3.05) is 52.4 Å². The third-order valence-corrected chi connectivity index (χ3v) is 15.5. The summed E-state index contributed by atoms with van der Waals surface area (Å²) in [5, 5.41) is 0. The molecule has 0 spiro atoms. The Hall–Kier alpha value is -5.84. The van der Waals surface area contributed by atoms with Gasteiger partial charge in [-0.2, -0.15) is 8.61 Å². The minimum absolute atomic E-state index is 0.0622. The highest BCUT2D eigenvalue weighted by molar-refractivity contribution is 7.89. The largest absolute Gasteiger partial charge is 0.299 e. The smallest absolute Gasteiger partial charge is 0.261 e. The Balaban J connectivity index is 1.03. The van der Waals surface area contributed by atoms with Crippen LogP contribution in [-0.2, 0) is 26.6 Å². The molecule has 0 fully saturated rings. The van der Waals surface area contributed by atoms with Crippen LogP contribution in [0.2, 0.25) is 0 Å². The zero-order valence-electron chi connectivity index (χ0n) is 36.1. The van der Waals surface area contributed by atoms with Gasteiger partial charge in [0.1, 0.15) is 0 Å². The number of fused-ring (bicyclic) bond motifs is 2. The van der Waals surface area contributed by atoms with E-state index in [1.54, 1.807) is 97.1 Å². The molecular formula is C49H53N5O8S2. The van der Waals surface area contributed by atoms with Gasteiger partial charge in [0.2, 0.25) is 20.0 Å². The fraction of sp³-hybridized carbons (Fsp3) is 0.306. The SMILES string of the molecule is Cc1ccc(S(=O)(=O)N(CCCN(CCCN(CCCN2C(=O)c3ccccc3C2=O)S(=O)(=O)c2ccc(C)cc2)Cc2ccccc2)CCCN2C(=O)c3ccccc3C2=O)cc1. The molecule has 5 aromatic rings. The third kappa shape index (κ3) is 10.4. The molecule has 2 aliphatic heterocycles. The Morgan fingerprint density at radius 1 is 0.406 bits per heavy atom. The van der Waals surface area contributed by atoms with Crippen molar-refractivity contribution in [2.45, 2.75) is 55.9 Å². The van der Waals surface area contributed by atoms with Gasteiger partial charge < -0.3 is 0 Å². The van der Waals surface area contributed by atoms with Crippen molar-refractivity contribution < 1.29 is 36.0 Å². The lowest BCUT2D eigenvalue weighted by atomic mass is 10.1. The van der Waals surface area contributed by atoms with E-state index in [2.05, 4.69) is 4.90 Å². The molecule has 4 amide bonds. The second-order valence-electron chi connectivity index (χ2n) is 16.2. The first-order valence-electron chi connectivity index (χ1n) is 21.6. The lowest BCUT2D eigenvalue weighted by molar-refractivity contribution is 0.0635. The van der Waals surface area contributed by atoms with Gasteiger partial charge in [-0.3, -0.25) is 33.9 Å². The average Bonchev–Trinajstić information content (AvgIpc) is 3.68. The molecule has 0 aromatic heterocycles. The van der Waals surface area contributed by atoms with Gasteiger partial charge in [0.05, 0.1) is 32.0 Å². The number of aryl methyl sites for hydroxylation is 2. The Kier molecular flexibility index (Phi) is 14.7. The van der Waals surface area contributed by atoms with Crippen LogP contribution in [0, 0.1) is 13.8 Å². The Labute approximate surface area is 376 Å². The minimum Gasteiger partial charge on any atom is -0.299 e. The lowest BCUT2D eigenvalue weighted by Gasteiger charge is -2.28. The van der Waals surface area contributed by atoms with E-state index in [1.807, 2.05) is 44.2 Å². The van der Waals surface area contributed by atoms with E-state index in [-0.39, 0.29) is 61.9 Å². The van der Waals surface area contributed by atoms with E-state index in [4.69, 9.17) is 0 Å². The highest BCUT2D eigenvalue weighted by Crippen LogP contribution is 2.26. The summed E-state index contributed by atoms with van der Waals surface area (Å²) in [4.78, 5) is 57.1. The normalized spacial score (nSPS) is 14.1. The number of sulfonamides is 2. The monoisotopic (exact) mass is 903 g/mol. The van der Waals surface area contributed by atoms with Crippen molar-refractivity contribution in [2.24, 2.45) is 0 Å². The minimum atomic E-state index is -3.95. The van der Waals surface area contributed by atoms with Gasteiger partial charge in [0, 0.05) is 45.8 Å². The molecule has 0 N–H and O–H groups in total. The highest BCUT2D eigenvalue weighted by Gasteiger charge is 2.36. The maximum Gasteiger partial charge on any atom is 0.261 e. The Morgan fingerprint density at radius 3 is 1.09 bits per heavy atom. The van der Waals surface area contributed by atoms with Crippen LogP contribution in [0.4, 0.5) is 0 Å². The number of imide groups is 2. The summed E-state index contributed by atoms with van der Waals surface area (Å²) in [6.07, 6.45) is 1.36. The molecule has 5 aromatic carbocycles. The molecule has 2 aliphatic rings. The molecule has 15 heteroatoms. The maximum atomic E-state index is 14.1. The molecule has 7 rings (SSSR count). The van der Waals surface area contributed by atoms with Crippen LogP contribution < -0.4 is 0 Å². The number of rotatable bonds is 22. The molecule has 64 heavy (non-hydrogen) atoms. The summed E-state index contributed by atoms with van der Waals surface area (Å²) in [6.45, 7) is 5.87. The molecule has 0 radical (unpaired) electrons. The molecule has 2 heterocycles. The second kappa shape index (κ2) is 20.3. The van der Waals surface area contributed by atoms with E-state index in [9.17, 15) is 36.0 Å². The summed E-state index contributed by atoms with van der Waals surface area (Å²) < 4.78 is 59.4. The summed E-state index contributed by atoms with van der Waals surface area (Å²) in [5.74, 6) is -1.56. The molecule has 0 saturated heterocycles. The van der Waals surface area contributed by atoms with Gasteiger partial charge in [-0.25, -0.2) is 16.8 Å². The number of hydrogen-bond donors (Lipinski definition) is 0. The highest BCUT2D eigenvalue weighted by atomic mass is 32.2. The zero-order chi connectivity index (χ0) is 45.4. The van der Waals surface area contributed by atoms with Crippen LogP contribution >= 0.6 is 0 Å². The standard InChI is InChI=1S/C49H53N5O8S2/c1-37-20-24-40(25-21-37)63(59,60)51(32-12-34-53-46(55)42-16-6-7-17-43(42)47(53)56)30-10-28-50(36-39-14-4-3-5-15-39)29-11-31-52(64(61,62)41-26-22-38(2)23-27-41)33-13-35-54-48(57)44-18-8-9-19-45(44)49(54)58/h3-9,14-27H,10-13,28-36H2,1-2H3. The van der Waals surface area contributed by atoms with Crippen LogP contribution in [0.15, 0.2) is 137 Å². The fourth-order valence-corrected chi connectivity index (χ4v) is 11.2. The van der Waals surface area contributed by atoms with E-state index >= 15 is 0 Å². The summed E-state index contributed by atoms with van der Waals surface area (Å²) >= 11 is 0. The van der Waals surface area contributed by atoms with E-state index in [0.29, 0.717) is 54.7 Å². The molecule has 0 aliphatic carbocycles. The maximum absolute atomic E-state index is 14.1. The quantitative estimate of drug-likeness (QED) is 0.0697. The van der Waals surface area contributed by atoms with Crippen LogP contribution in [-0.4, -0.2) is 116 Å². The van der Waals surface area contributed by atoms with Crippen molar-refractivity contribution in [1.82, 2.24) is 23.3 Å². The van der Waals surface area contributed by atoms with E-state index in [0.717, 1.165) is 16.7 Å². The van der Waals surface area contributed by atoms with Gasteiger partial charge in [0.15, 0.2) is 0 Å². The van der Waals surface area contributed by atoms with Gasteiger partial charge in [0.25, 0.3) is 23.6 Å². The zero-order valence-corrected chi connectivity index (χ0v) is 37.8. The first-order chi connectivity index (χ1) is 30.8. The van der Waals surface area contributed by atoms with Gasteiger partial charge in [-0.15, -0.1) is 0 Å². The Bertz CT molecular complexity index is 2470. The number of hydrogen-bond acceptors (Lipinski definition) is 9. The molecular weight excluding hydrogens is 851 g/mol. The van der Waals surface area contributed by atoms with E-state index in [1.165, 1.54) is 18.4 Å². The fourth-order valence-electron chi connectivity index (χ4n) is 8.17. The van der Waals surface area contributed by atoms with Crippen molar-refractivity contribution in [3.05, 3.63) is 166 Å².